The van der Waals surface area contributed by atoms with Gasteiger partial charge in [-0.05, 0) is 105 Å². The Balaban J connectivity index is 1.01. The van der Waals surface area contributed by atoms with Gasteiger partial charge in [-0.25, -0.2) is 9.36 Å². The first kappa shape index (κ1) is 75.4. The molecular weight excluding hydrogens is 1290 g/mol. The number of carbonyl (C=O) groups excluding carboxylic acids is 12. The number of likely N-dealkylation sites (tertiary alicyclic amines) is 1. The maximum Gasteiger partial charge on any atom is 0.469 e. The molecule has 3 saturated heterocycles. The lowest BCUT2D eigenvalue weighted by atomic mass is 9.99. The topological polar surface area (TPSA) is 447 Å². The summed E-state index contributed by atoms with van der Waals surface area (Å²) >= 11 is 1.81. The Kier molecular flexibility index (Phi) is 27.9. The molecule has 0 bridgehead atoms. The van der Waals surface area contributed by atoms with E-state index in [-0.39, 0.29) is 75.5 Å². The Bertz CT molecular complexity index is 3550. The summed E-state index contributed by atoms with van der Waals surface area (Å²) in [5.41, 5.74) is 13.7. The average molecular weight is 1380 g/mol. The summed E-state index contributed by atoms with van der Waals surface area (Å²) in [6, 6.07) is 17.6. The minimum Gasteiger partial charge on any atom is -0.370 e. The van der Waals surface area contributed by atoms with Gasteiger partial charge in [-0.1, -0.05) is 103 Å². The number of phosphoric ester groups is 1. The Hall–Kier alpha value is -8.96. The summed E-state index contributed by atoms with van der Waals surface area (Å²) in [4.78, 5) is 182. The molecule has 29 nitrogen and oxygen atoms in total. The molecule has 0 aliphatic carbocycles. The van der Waals surface area contributed by atoms with Gasteiger partial charge in [0.2, 0.25) is 65.0 Å². The van der Waals surface area contributed by atoms with Crippen molar-refractivity contribution in [3.63, 3.8) is 0 Å². The standard InChI is InChI=1S/C66H88N13O16PS/c1-37(71-61(86)48(72-40(4)80)19-12-13-31-69-55(82)22-11-10-21-53-57-51(36-97-53)76-66(91)78-57)59(84)70-38(2)60(85)74-49(34-41-23-26-45(27-24-41)43-15-6-5-7-16-43)63(88)77-56(39(3)95-96(92,93)94)65(90)79-32-14-20-52(79)64(89)75-50(62(87)73-47(58(68)83)29-30-54(67)81)35-42-25-28-44-17-8-9-18-46(44)33-42/h5-9,15-18,23-28,33,37-39,47-53,56-57H,10-14,19-22,29-32,34-36H2,1-4H3,(H2,67,81)(H2,68,83)(H,69,82)(H,70,84)(H,71,86)(H,72,80)(H,73,87)(H,74,85)(H,75,89)(H,77,88)(H2,76,78,91)(H2,92,93,94)/t37-,38-,39?,47-,48-,49-,50-,51-,52-,53-,56-,57-/m0/s1. The summed E-state index contributed by atoms with van der Waals surface area (Å²) in [6.45, 7) is 5.19. The van der Waals surface area contributed by atoms with Crippen LogP contribution < -0.4 is 64.6 Å². The van der Waals surface area contributed by atoms with Gasteiger partial charge in [-0.2, -0.15) is 11.8 Å². The summed E-state index contributed by atoms with van der Waals surface area (Å²) in [7, 11) is -5.42. The lowest BCUT2D eigenvalue weighted by molar-refractivity contribution is -0.144. The molecule has 16 N–H and O–H groups in total. The number of amides is 13. The Labute approximate surface area is 566 Å². The molecule has 3 aliphatic rings. The molecule has 31 heteroatoms. The number of primary amides is 2. The zero-order valence-corrected chi connectivity index (χ0v) is 56.3. The predicted molar refractivity (Wildman–Crippen MR) is 360 cm³/mol. The number of phosphoric acid groups is 1. The van der Waals surface area contributed by atoms with Crippen molar-refractivity contribution in [2.24, 2.45) is 11.5 Å². The van der Waals surface area contributed by atoms with Crippen LogP contribution >= 0.6 is 19.6 Å². The van der Waals surface area contributed by atoms with Gasteiger partial charge >= 0.3 is 13.9 Å². The number of urea groups is 1. The lowest BCUT2D eigenvalue weighted by Crippen LogP contribution is -2.62. The van der Waals surface area contributed by atoms with E-state index in [9.17, 15) is 71.9 Å². The van der Waals surface area contributed by atoms with E-state index >= 15 is 0 Å². The van der Waals surface area contributed by atoms with E-state index in [1.165, 1.54) is 20.8 Å². The number of rotatable bonds is 36. The van der Waals surface area contributed by atoms with Crippen molar-refractivity contribution in [2.75, 3.05) is 18.8 Å². The predicted octanol–water partition coefficient (Wildman–Crippen LogP) is 0.997. The molecule has 524 valence electrons. The highest BCUT2D eigenvalue weighted by atomic mass is 32.2. The van der Waals surface area contributed by atoms with Crippen LogP contribution in [-0.4, -0.2) is 176 Å². The van der Waals surface area contributed by atoms with Gasteiger partial charge in [-0.3, -0.25) is 57.3 Å². The van der Waals surface area contributed by atoms with E-state index in [2.05, 4.69) is 53.2 Å². The van der Waals surface area contributed by atoms with Crippen molar-refractivity contribution in [3.05, 3.63) is 108 Å². The Morgan fingerprint density at radius 3 is 1.94 bits per heavy atom. The first-order valence-corrected chi connectivity index (χ1v) is 35.0. The highest BCUT2D eigenvalue weighted by Crippen LogP contribution is 2.39. The molecule has 0 radical (unpaired) electrons. The summed E-state index contributed by atoms with van der Waals surface area (Å²) < 4.78 is 17.4. The number of nitrogens with two attached hydrogens (primary N) is 2. The molecule has 7 rings (SSSR count). The molecule has 4 aromatic rings. The zero-order valence-electron chi connectivity index (χ0n) is 54.5. The van der Waals surface area contributed by atoms with Crippen LogP contribution in [0.5, 0.6) is 0 Å². The van der Waals surface area contributed by atoms with Crippen molar-refractivity contribution < 1.29 is 76.4 Å². The monoisotopic (exact) mass is 1380 g/mol. The average Bonchev–Trinajstić information content (AvgIpc) is 1.76. The number of nitrogens with one attached hydrogen (secondary N) is 10. The highest BCUT2D eigenvalue weighted by molar-refractivity contribution is 8.00. The third-order valence-corrected chi connectivity index (χ3v) is 19.2. The Morgan fingerprint density at radius 2 is 1.26 bits per heavy atom. The van der Waals surface area contributed by atoms with Gasteiger partial charge in [0.15, 0.2) is 0 Å². The third kappa shape index (κ3) is 23.1. The molecule has 0 aromatic heterocycles. The lowest BCUT2D eigenvalue weighted by Gasteiger charge is -2.33. The van der Waals surface area contributed by atoms with Crippen LogP contribution in [0.25, 0.3) is 21.9 Å². The number of carbonyl (C=O) groups is 12. The fourth-order valence-electron chi connectivity index (χ4n) is 11.9. The van der Waals surface area contributed by atoms with Crippen LogP contribution in [0.15, 0.2) is 97.1 Å². The fraction of sp³-hybridized carbons (Fsp3) is 0.485. The van der Waals surface area contributed by atoms with Crippen molar-refractivity contribution in [3.8, 4) is 11.1 Å². The second-order valence-electron chi connectivity index (χ2n) is 24.6. The largest absolute Gasteiger partial charge is 0.469 e. The minimum atomic E-state index is -5.42. The van der Waals surface area contributed by atoms with Crippen molar-refractivity contribution in [1.29, 1.82) is 0 Å². The van der Waals surface area contributed by atoms with Crippen LogP contribution in [0, 0.1) is 0 Å². The number of hydrogen-bond acceptors (Lipinski definition) is 15. The van der Waals surface area contributed by atoms with Gasteiger partial charge in [0.25, 0.3) is 0 Å². The van der Waals surface area contributed by atoms with Crippen molar-refractivity contribution in [2.45, 2.75) is 183 Å². The minimum absolute atomic E-state index is 0.00662. The summed E-state index contributed by atoms with van der Waals surface area (Å²) in [5.74, 6) is -7.82. The molecule has 3 aliphatic heterocycles. The van der Waals surface area contributed by atoms with E-state index in [1.807, 2.05) is 72.4 Å². The van der Waals surface area contributed by atoms with Crippen LogP contribution in [0.4, 0.5) is 4.79 Å². The number of unbranched alkanes of at least 4 members (excludes halogenated alkanes) is 2. The molecule has 0 saturated carbocycles. The molecule has 4 aromatic carbocycles. The van der Waals surface area contributed by atoms with E-state index in [0.29, 0.717) is 48.6 Å². The number of benzene rings is 4. The molecule has 1 unspecified atom stereocenters. The fourth-order valence-corrected chi connectivity index (χ4v) is 14.0. The Morgan fingerprint density at radius 1 is 0.649 bits per heavy atom. The second-order valence-corrected chi connectivity index (χ2v) is 27.1. The van der Waals surface area contributed by atoms with Gasteiger partial charge in [0.1, 0.15) is 48.3 Å². The van der Waals surface area contributed by atoms with E-state index in [1.54, 1.807) is 36.4 Å². The first-order valence-electron chi connectivity index (χ1n) is 32.4. The molecule has 13 amide bonds. The van der Waals surface area contributed by atoms with E-state index in [4.69, 9.17) is 16.0 Å². The summed E-state index contributed by atoms with van der Waals surface area (Å²) in [6.07, 6.45) is 1.18. The second kappa shape index (κ2) is 35.9. The van der Waals surface area contributed by atoms with E-state index < -0.39 is 121 Å². The van der Waals surface area contributed by atoms with Crippen LogP contribution in [0.2, 0.25) is 0 Å². The van der Waals surface area contributed by atoms with Gasteiger partial charge < -0.3 is 79.3 Å². The van der Waals surface area contributed by atoms with Gasteiger partial charge in [0, 0.05) is 56.7 Å². The number of fused-ring (bicyclic) bond motifs is 2. The van der Waals surface area contributed by atoms with Crippen LogP contribution in [-0.2, 0) is 74.7 Å². The van der Waals surface area contributed by atoms with E-state index in [0.717, 1.165) is 52.3 Å². The van der Waals surface area contributed by atoms with Crippen molar-refractivity contribution >= 4 is 101 Å². The smallest absolute Gasteiger partial charge is 0.370 e. The maximum atomic E-state index is 15.0. The number of hydrogen-bond donors (Lipinski definition) is 14. The SMILES string of the molecule is CC(=O)N[C@@H](CCCCNC(=O)CCCC[C@@H]1SC[C@@H]2NC(=O)N[C@@H]21)C(=O)N[C@@H](C)C(=O)N[C@@H](C)C(=O)N[C@@H](Cc1ccc(-c2ccccc2)cc1)C(=O)N[C@H](C(=O)N1CCC[C@H]1C(=O)N[C@@H](Cc1ccc2ccccc2c1)C(=O)N[C@@H](CCC(N)=O)C(N)=O)C(C)OP(=O)(O)O. The maximum absolute atomic E-state index is 15.0. The van der Waals surface area contributed by atoms with Crippen molar-refractivity contribution in [1.82, 2.24) is 58.1 Å². The first-order chi connectivity index (χ1) is 46.1. The van der Waals surface area contributed by atoms with Crippen LogP contribution in [0.3, 0.4) is 0 Å². The molecular formula is C66H88N13O16PS. The van der Waals surface area contributed by atoms with Gasteiger partial charge in [-0.15, -0.1) is 0 Å². The molecule has 12 atom stereocenters. The highest BCUT2D eigenvalue weighted by Gasteiger charge is 2.45. The number of nitrogens with zero attached hydrogens (tertiary/aromatic N) is 1. The summed E-state index contributed by atoms with van der Waals surface area (Å²) in [5, 5.41) is 28.8. The molecule has 0 spiro atoms. The third-order valence-electron chi connectivity index (χ3n) is 17.1. The zero-order chi connectivity index (χ0) is 70.5. The van der Waals surface area contributed by atoms with Crippen LogP contribution in [0.1, 0.15) is 109 Å². The molecule has 3 heterocycles. The normalized spacial score (nSPS) is 18.9. The molecule has 97 heavy (non-hydrogen) atoms. The van der Waals surface area contributed by atoms with Gasteiger partial charge in [0.05, 0.1) is 18.2 Å². The number of thioether (sulfide) groups is 1. The quantitative estimate of drug-likeness (QED) is 0.0172. The molecule has 3 fully saturated rings.